The summed E-state index contributed by atoms with van der Waals surface area (Å²) in [6.07, 6.45) is 1.43. The first-order valence-corrected chi connectivity index (χ1v) is 6.55. The molecule has 0 aliphatic heterocycles. The van der Waals surface area contributed by atoms with Crippen LogP contribution in [-0.4, -0.2) is 42.5 Å². The van der Waals surface area contributed by atoms with Gasteiger partial charge in [0.15, 0.2) is 0 Å². The largest absolute Gasteiger partial charge is 0.382 e. The Hall–Kier alpha value is -1.33. The molecule has 0 aliphatic carbocycles. The van der Waals surface area contributed by atoms with Crippen LogP contribution < -0.4 is 11.1 Å². The van der Waals surface area contributed by atoms with Crippen LogP contribution in [-0.2, 0) is 0 Å². The molecule has 0 radical (unpaired) electrons. The van der Waals surface area contributed by atoms with Crippen LogP contribution in [0.5, 0.6) is 0 Å². The van der Waals surface area contributed by atoms with E-state index in [1.165, 1.54) is 12.3 Å². The molecule has 1 aromatic rings. The summed E-state index contributed by atoms with van der Waals surface area (Å²) in [6, 6.07) is 1.60. The van der Waals surface area contributed by atoms with Crippen LogP contribution in [0.25, 0.3) is 0 Å². The van der Waals surface area contributed by atoms with E-state index in [0.717, 1.165) is 6.54 Å². The molecule has 0 aliphatic rings. The van der Waals surface area contributed by atoms with Gasteiger partial charge in [0.2, 0.25) is 0 Å². The van der Waals surface area contributed by atoms with E-state index in [0.29, 0.717) is 16.5 Å². The molecule has 1 atom stereocenters. The van der Waals surface area contributed by atoms with E-state index in [1.807, 2.05) is 19.0 Å². The molecule has 0 aromatic carbocycles. The average molecular weight is 285 g/mol. The van der Waals surface area contributed by atoms with Gasteiger partial charge in [-0.05, 0) is 26.1 Å². The topological polar surface area (TPSA) is 71.2 Å². The first-order valence-electron chi connectivity index (χ1n) is 6.18. The number of nitrogens with two attached hydrogens (primary N) is 1. The van der Waals surface area contributed by atoms with Crippen molar-refractivity contribution in [1.82, 2.24) is 15.2 Å². The molecule has 1 aromatic heterocycles. The number of anilines is 1. The Balaban J connectivity index is 2.78. The Bertz CT molecular complexity index is 448. The van der Waals surface area contributed by atoms with Crippen LogP contribution in [0.15, 0.2) is 12.3 Å². The number of hydrogen-bond acceptors (Lipinski definition) is 4. The van der Waals surface area contributed by atoms with E-state index < -0.39 is 0 Å². The van der Waals surface area contributed by atoms with Crippen LogP contribution in [0.4, 0.5) is 5.82 Å². The highest BCUT2D eigenvalue weighted by Crippen LogP contribution is 2.17. The van der Waals surface area contributed by atoms with Crippen molar-refractivity contribution < 1.29 is 4.79 Å². The molecule has 0 saturated heterocycles. The smallest absolute Gasteiger partial charge is 0.253 e. The highest BCUT2D eigenvalue weighted by atomic mass is 35.5. The SMILES string of the molecule is CC(C)C(CN(C)C)NC(=O)c1cnc(N)c(Cl)c1. The third kappa shape index (κ3) is 4.69. The summed E-state index contributed by atoms with van der Waals surface area (Å²) >= 11 is 5.87. The van der Waals surface area contributed by atoms with Crippen molar-refractivity contribution in [3.8, 4) is 0 Å². The second kappa shape index (κ2) is 6.73. The van der Waals surface area contributed by atoms with Gasteiger partial charge in [0.1, 0.15) is 5.82 Å². The molecule has 1 amide bonds. The molecular formula is C13H21ClN4O. The number of aromatic nitrogens is 1. The number of carbonyl (C=O) groups excluding carboxylic acids is 1. The third-order valence-corrected chi connectivity index (χ3v) is 3.12. The lowest BCUT2D eigenvalue weighted by Gasteiger charge is -2.25. The van der Waals surface area contributed by atoms with Crippen molar-refractivity contribution in [3.63, 3.8) is 0 Å². The lowest BCUT2D eigenvalue weighted by atomic mass is 10.0. The predicted molar refractivity (Wildman–Crippen MR) is 78.3 cm³/mol. The van der Waals surface area contributed by atoms with Gasteiger partial charge in [0.25, 0.3) is 5.91 Å². The summed E-state index contributed by atoms with van der Waals surface area (Å²) in [5.41, 5.74) is 5.94. The molecule has 106 valence electrons. The van der Waals surface area contributed by atoms with Crippen molar-refractivity contribution in [2.24, 2.45) is 5.92 Å². The minimum Gasteiger partial charge on any atom is -0.382 e. The van der Waals surface area contributed by atoms with Crippen LogP contribution in [0.1, 0.15) is 24.2 Å². The maximum atomic E-state index is 12.1. The monoisotopic (exact) mass is 284 g/mol. The number of nitrogen functional groups attached to an aromatic ring is 1. The van der Waals surface area contributed by atoms with Gasteiger partial charge in [-0.2, -0.15) is 0 Å². The van der Waals surface area contributed by atoms with Gasteiger partial charge >= 0.3 is 0 Å². The number of likely N-dealkylation sites (N-methyl/N-ethyl adjacent to an activating group) is 1. The molecule has 1 unspecified atom stereocenters. The number of nitrogens with zero attached hydrogens (tertiary/aromatic N) is 2. The number of halogens is 1. The van der Waals surface area contributed by atoms with Crippen molar-refractivity contribution in [1.29, 1.82) is 0 Å². The second-order valence-electron chi connectivity index (χ2n) is 5.18. The summed E-state index contributed by atoms with van der Waals surface area (Å²) < 4.78 is 0. The summed E-state index contributed by atoms with van der Waals surface area (Å²) in [7, 11) is 3.95. The van der Waals surface area contributed by atoms with Gasteiger partial charge in [-0.3, -0.25) is 4.79 Å². The molecule has 5 nitrogen and oxygen atoms in total. The van der Waals surface area contributed by atoms with Crippen molar-refractivity contribution in [2.45, 2.75) is 19.9 Å². The third-order valence-electron chi connectivity index (χ3n) is 2.81. The molecule has 0 spiro atoms. The predicted octanol–water partition coefficient (Wildman–Crippen LogP) is 1.63. The zero-order valence-corrected chi connectivity index (χ0v) is 12.5. The van der Waals surface area contributed by atoms with Crippen molar-refractivity contribution >= 4 is 23.3 Å². The zero-order valence-electron chi connectivity index (χ0n) is 11.8. The number of rotatable bonds is 5. The maximum absolute atomic E-state index is 12.1. The van der Waals surface area contributed by atoms with Gasteiger partial charge in [-0.25, -0.2) is 4.98 Å². The van der Waals surface area contributed by atoms with Crippen LogP contribution in [0.2, 0.25) is 5.02 Å². The molecule has 19 heavy (non-hydrogen) atoms. The molecule has 1 heterocycles. The fraction of sp³-hybridized carbons (Fsp3) is 0.538. The summed E-state index contributed by atoms with van der Waals surface area (Å²) in [5.74, 6) is 0.380. The quantitative estimate of drug-likeness (QED) is 0.862. The number of hydrogen-bond donors (Lipinski definition) is 2. The van der Waals surface area contributed by atoms with Crippen molar-refractivity contribution in [2.75, 3.05) is 26.4 Å². The molecule has 0 bridgehead atoms. The fourth-order valence-corrected chi connectivity index (χ4v) is 1.81. The van der Waals surface area contributed by atoms with Crippen LogP contribution in [0.3, 0.4) is 0 Å². The van der Waals surface area contributed by atoms with E-state index in [-0.39, 0.29) is 17.8 Å². The van der Waals surface area contributed by atoms with Gasteiger partial charge < -0.3 is 16.0 Å². The molecule has 3 N–H and O–H groups in total. The number of amides is 1. The van der Waals surface area contributed by atoms with E-state index in [4.69, 9.17) is 17.3 Å². The first kappa shape index (κ1) is 15.7. The maximum Gasteiger partial charge on any atom is 0.253 e. The normalized spacial score (nSPS) is 12.8. The van der Waals surface area contributed by atoms with E-state index in [1.54, 1.807) is 0 Å². The fourth-order valence-electron chi connectivity index (χ4n) is 1.64. The summed E-state index contributed by atoms with van der Waals surface area (Å²) in [6.45, 7) is 4.92. The molecular weight excluding hydrogens is 264 g/mol. The minimum absolute atomic E-state index is 0.0684. The van der Waals surface area contributed by atoms with Gasteiger partial charge in [-0.1, -0.05) is 25.4 Å². The Kier molecular flexibility index (Phi) is 5.57. The molecule has 0 fully saturated rings. The van der Waals surface area contributed by atoms with Crippen LogP contribution in [0, 0.1) is 5.92 Å². The molecule has 0 saturated carbocycles. The van der Waals surface area contributed by atoms with Gasteiger partial charge in [0.05, 0.1) is 10.6 Å². The highest BCUT2D eigenvalue weighted by molar-refractivity contribution is 6.33. The Morgan fingerprint density at radius 2 is 2.16 bits per heavy atom. The zero-order chi connectivity index (χ0) is 14.6. The summed E-state index contributed by atoms with van der Waals surface area (Å²) in [5, 5.41) is 3.28. The lowest BCUT2D eigenvalue weighted by molar-refractivity contribution is 0.0916. The average Bonchev–Trinajstić information content (AvgIpc) is 2.31. The van der Waals surface area contributed by atoms with E-state index >= 15 is 0 Å². The van der Waals surface area contributed by atoms with Gasteiger partial charge in [0, 0.05) is 18.8 Å². The first-order chi connectivity index (χ1) is 8.81. The molecule has 6 heteroatoms. The van der Waals surface area contributed by atoms with Gasteiger partial charge in [-0.15, -0.1) is 0 Å². The van der Waals surface area contributed by atoms with E-state index in [2.05, 4.69) is 24.1 Å². The Morgan fingerprint density at radius 1 is 1.53 bits per heavy atom. The number of pyridine rings is 1. The number of nitrogens with one attached hydrogen (secondary N) is 1. The Morgan fingerprint density at radius 3 is 2.63 bits per heavy atom. The highest BCUT2D eigenvalue weighted by Gasteiger charge is 2.18. The molecule has 1 rings (SSSR count). The van der Waals surface area contributed by atoms with E-state index in [9.17, 15) is 4.79 Å². The summed E-state index contributed by atoms with van der Waals surface area (Å²) in [4.78, 5) is 18.1. The lowest BCUT2D eigenvalue weighted by Crippen LogP contribution is -2.45. The standard InChI is InChI=1S/C13H21ClN4O/c1-8(2)11(7-18(3)4)17-13(19)9-5-10(14)12(15)16-6-9/h5-6,8,11H,7H2,1-4H3,(H2,15,16)(H,17,19). The second-order valence-corrected chi connectivity index (χ2v) is 5.58. The Labute approximate surface area is 119 Å². The number of carbonyl (C=O) groups is 1. The van der Waals surface area contributed by atoms with Crippen molar-refractivity contribution in [3.05, 3.63) is 22.8 Å². The van der Waals surface area contributed by atoms with Crippen LogP contribution >= 0.6 is 11.6 Å². The minimum atomic E-state index is -0.185.